The second kappa shape index (κ2) is 3.54. The lowest BCUT2D eigenvalue weighted by Gasteiger charge is -2.23. The zero-order valence-electron chi connectivity index (χ0n) is 8.95. The van der Waals surface area contributed by atoms with Gasteiger partial charge < -0.3 is 5.11 Å². The number of rotatable bonds is 1. The Kier molecular flexibility index (Phi) is 2.35. The van der Waals surface area contributed by atoms with E-state index in [2.05, 4.69) is 0 Å². The van der Waals surface area contributed by atoms with Gasteiger partial charge in [-0.05, 0) is 53.7 Å². The van der Waals surface area contributed by atoms with E-state index in [0.717, 1.165) is 35.0 Å². The van der Waals surface area contributed by atoms with Crippen LogP contribution in [0.15, 0.2) is 23.8 Å². The first-order valence-electron chi connectivity index (χ1n) is 5.11. The van der Waals surface area contributed by atoms with E-state index in [1.807, 2.05) is 19.9 Å². The molecule has 0 aromatic heterocycles. The molecule has 2 nitrogen and oxygen atoms in total. The standard InChI is InChI=1S/C13H14O2/c1-8-5-10-6-11(15)3-4-12(10)9(2)13(8)7-14/h3-4,6-8,15H,5H2,1-2H3. The van der Waals surface area contributed by atoms with Crippen molar-refractivity contribution in [2.45, 2.75) is 20.3 Å². The Bertz CT molecular complexity index is 444. The summed E-state index contributed by atoms with van der Waals surface area (Å²) in [4.78, 5) is 11.0. The summed E-state index contributed by atoms with van der Waals surface area (Å²) in [6.45, 7) is 4.01. The van der Waals surface area contributed by atoms with Crippen LogP contribution in [0, 0.1) is 5.92 Å². The number of phenols is 1. The molecule has 1 aromatic rings. The number of hydrogen-bond acceptors (Lipinski definition) is 2. The Hall–Kier alpha value is -1.57. The summed E-state index contributed by atoms with van der Waals surface area (Å²) in [7, 11) is 0. The number of aldehydes is 1. The molecule has 1 N–H and O–H groups in total. The fourth-order valence-corrected chi connectivity index (χ4v) is 2.28. The molecule has 0 aliphatic heterocycles. The van der Waals surface area contributed by atoms with E-state index in [0.29, 0.717) is 5.75 Å². The SMILES string of the molecule is CC1=C(C=O)C(C)Cc2cc(O)ccc21. The lowest BCUT2D eigenvalue weighted by molar-refractivity contribution is -0.105. The number of benzene rings is 1. The third-order valence-electron chi connectivity index (χ3n) is 3.11. The number of allylic oxidation sites excluding steroid dienone is 2. The van der Waals surface area contributed by atoms with Crippen molar-refractivity contribution in [3.8, 4) is 5.75 Å². The van der Waals surface area contributed by atoms with Crippen molar-refractivity contribution < 1.29 is 9.90 Å². The fraction of sp³-hybridized carbons (Fsp3) is 0.308. The van der Waals surface area contributed by atoms with E-state index in [9.17, 15) is 9.90 Å². The maximum absolute atomic E-state index is 11.0. The lowest BCUT2D eigenvalue weighted by atomic mass is 9.80. The Morgan fingerprint density at radius 2 is 2.20 bits per heavy atom. The number of carbonyl (C=O) groups is 1. The molecule has 78 valence electrons. The molecule has 2 rings (SSSR count). The van der Waals surface area contributed by atoms with Gasteiger partial charge in [0.15, 0.2) is 0 Å². The summed E-state index contributed by atoms with van der Waals surface area (Å²) < 4.78 is 0. The van der Waals surface area contributed by atoms with Crippen LogP contribution in [-0.2, 0) is 11.2 Å². The Labute approximate surface area is 89.2 Å². The first kappa shape index (κ1) is 9.97. The molecule has 1 aliphatic rings. The first-order chi connectivity index (χ1) is 7.13. The molecule has 0 saturated carbocycles. The van der Waals surface area contributed by atoms with Gasteiger partial charge in [-0.3, -0.25) is 4.79 Å². The van der Waals surface area contributed by atoms with Crippen molar-refractivity contribution in [2.75, 3.05) is 0 Å². The molecular formula is C13H14O2. The molecule has 15 heavy (non-hydrogen) atoms. The highest BCUT2D eigenvalue weighted by Crippen LogP contribution is 2.34. The van der Waals surface area contributed by atoms with Gasteiger partial charge in [0.25, 0.3) is 0 Å². The fourth-order valence-electron chi connectivity index (χ4n) is 2.28. The minimum absolute atomic E-state index is 0.247. The van der Waals surface area contributed by atoms with E-state index >= 15 is 0 Å². The molecule has 1 atom stereocenters. The van der Waals surface area contributed by atoms with E-state index in [-0.39, 0.29) is 5.92 Å². The third-order valence-corrected chi connectivity index (χ3v) is 3.11. The summed E-state index contributed by atoms with van der Waals surface area (Å²) in [6, 6.07) is 5.34. The monoisotopic (exact) mass is 202 g/mol. The molecule has 0 heterocycles. The van der Waals surface area contributed by atoms with Crippen molar-refractivity contribution in [2.24, 2.45) is 5.92 Å². The van der Waals surface area contributed by atoms with Gasteiger partial charge in [-0.2, -0.15) is 0 Å². The van der Waals surface area contributed by atoms with E-state index < -0.39 is 0 Å². The molecule has 1 aliphatic carbocycles. The van der Waals surface area contributed by atoms with E-state index in [1.54, 1.807) is 12.1 Å². The zero-order chi connectivity index (χ0) is 11.0. The first-order valence-corrected chi connectivity index (χ1v) is 5.11. The van der Waals surface area contributed by atoms with Crippen LogP contribution in [-0.4, -0.2) is 11.4 Å². The van der Waals surface area contributed by atoms with Gasteiger partial charge >= 0.3 is 0 Å². The highest BCUT2D eigenvalue weighted by atomic mass is 16.3. The van der Waals surface area contributed by atoms with Crippen molar-refractivity contribution in [3.63, 3.8) is 0 Å². The zero-order valence-corrected chi connectivity index (χ0v) is 8.95. The van der Waals surface area contributed by atoms with Crippen LogP contribution in [0.25, 0.3) is 5.57 Å². The van der Waals surface area contributed by atoms with Gasteiger partial charge in [-0.1, -0.05) is 13.0 Å². The number of aromatic hydroxyl groups is 1. The summed E-state index contributed by atoms with van der Waals surface area (Å²) >= 11 is 0. The minimum atomic E-state index is 0.247. The smallest absolute Gasteiger partial charge is 0.146 e. The van der Waals surface area contributed by atoms with Crippen molar-refractivity contribution in [3.05, 3.63) is 34.9 Å². The number of phenolic OH excluding ortho intramolecular Hbond substituents is 1. The Morgan fingerprint density at radius 1 is 1.47 bits per heavy atom. The largest absolute Gasteiger partial charge is 0.508 e. The van der Waals surface area contributed by atoms with Gasteiger partial charge in [0.2, 0.25) is 0 Å². The van der Waals surface area contributed by atoms with E-state index in [1.165, 1.54) is 0 Å². The topological polar surface area (TPSA) is 37.3 Å². The second-order valence-corrected chi connectivity index (χ2v) is 4.14. The molecule has 1 aromatic carbocycles. The minimum Gasteiger partial charge on any atom is -0.508 e. The summed E-state index contributed by atoms with van der Waals surface area (Å²) in [5.41, 5.74) is 4.14. The van der Waals surface area contributed by atoms with Crippen LogP contribution < -0.4 is 0 Å². The molecule has 0 radical (unpaired) electrons. The molecule has 0 amide bonds. The summed E-state index contributed by atoms with van der Waals surface area (Å²) in [5.74, 6) is 0.542. The van der Waals surface area contributed by atoms with Crippen LogP contribution in [0.3, 0.4) is 0 Å². The number of hydrogen-bond donors (Lipinski definition) is 1. The van der Waals surface area contributed by atoms with E-state index in [4.69, 9.17) is 0 Å². The van der Waals surface area contributed by atoms with Crippen LogP contribution in [0.4, 0.5) is 0 Å². The number of fused-ring (bicyclic) bond motifs is 1. The van der Waals surface area contributed by atoms with Crippen molar-refractivity contribution in [1.82, 2.24) is 0 Å². The van der Waals surface area contributed by atoms with Gasteiger partial charge in [0, 0.05) is 0 Å². The second-order valence-electron chi connectivity index (χ2n) is 4.14. The quantitative estimate of drug-likeness (QED) is 0.710. The van der Waals surface area contributed by atoms with Gasteiger partial charge in [-0.25, -0.2) is 0 Å². The van der Waals surface area contributed by atoms with Crippen LogP contribution >= 0.6 is 0 Å². The Morgan fingerprint density at radius 3 is 2.87 bits per heavy atom. The van der Waals surface area contributed by atoms with Crippen LogP contribution in [0.2, 0.25) is 0 Å². The highest BCUT2D eigenvalue weighted by molar-refractivity contribution is 5.90. The average molecular weight is 202 g/mol. The highest BCUT2D eigenvalue weighted by Gasteiger charge is 2.21. The van der Waals surface area contributed by atoms with Gasteiger partial charge in [0.05, 0.1) is 0 Å². The maximum atomic E-state index is 11.0. The molecule has 0 bridgehead atoms. The van der Waals surface area contributed by atoms with Gasteiger partial charge in [-0.15, -0.1) is 0 Å². The molecule has 1 unspecified atom stereocenters. The van der Waals surface area contributed by atoms with Crippen molar-refractivity contribution >= 4 is 11.9 Å². The number of carbonyl (C=O) groups excluding carboxylic acids is 1. The third kappa shape index (κ3) is 1.56. The maximum Gasteiger partial charge on any atom is 0.146 e. The van der Waals surface area contributed by atoms with Crippen LogP contribution in [0.1, 0.15) is 25.0 Å². The molecule has 2 heteroatoms. The predicted octanol–water partition coefficient (Wildman–Crippen LogP) is 2.56. The van der Waals surface area contributed by atoms with Gasteiger partial charge in [0.1, 0.15) is 12.0 Å². The lowest BCUT2D eigenvalue weighted by Crippen LogP contribution is -2.13. The normalized spacial score (nSPS) is 20.0. The van der Waals surface area contributed by atoms with Crippen LogP contribution in [0.5, 0.6) is 5.75 Å². The molecular weight excluding hydrogens is 188 g/mol. The molecule has 0 spiro atoms. The molecule has 0 saturated heterocycles. The van der Waals surface area contributed by atoms with Crippen molar-refractivity contribution in [1.29, 1.82) is 0 Å². The average Bonchev–Trinajstić information content (AvgIpc) is 2.17. The Balaban J connectivity index is 2.61. The predicted molar refractivity (Wildman–Crippen MR) is 59.6 cm³/mol. The summed E-state index contributed by atoms with van der Waals surface area (Å²) in [5, 5.41) is 9.40. The molecule has 0 fully saturated rings. The summed E-state index contributed by atoms with van der Waals surface area (Å²) in [6.07, 6.45) is 1.78.